The Morgan fingerprint density at radius 2 is 2.00 bits per heavy atom. The van der Waals surface area contributed by atoms with Gasteiger partial charge in [0.2, 0.25) is 0 Å². The third-order valence-electron chi connectivity index (χ3n) is 3.24. The summed E-state index contributed by atoms with van der Waals surface area (Å²) in [6.07, 6.45) is 1.21. The molecule has 3 N–H and O–H groups in total. The lowest BCUT2D eigenvalue weighted by Crippen LogP contribution is -2.47. The average molecular weight is 272 g/mol. The molecule has 1 aromatic rings. The van der Waals surface area contributed by atoms with Crippen molar-refractivity contribution in [2.24, 2.45) is 5.84 Å². The zero-order chi connectivity index (χ0) is 14.0. The van der Waals surface area contributed by atoms with Crippen LogP contribution in [0.5, 0.6) is 5.75 Å². The van der Waals surface area contributed by atoms with Gasteiger partial charge in [0.05, 0.1) is 17.9 Å². The normalized spacial score (nSPS) is 14.3. The Kier molecular flexibility index (Phi) is 4.37. The molecule has 5 nitrogen and oxygen atoms in total. The van der Waals surface area contributed by atoms with Crippen LogP contribution >= 0.6 is 0 Å². The summed E-state index contributed by atoms with van der Waals surface area (Å²) in [7, 11) is -1.70. The Labute approximate surface area is 108 Å². The topological polar surface area (TPSA) is 81.4 Å². The third kappa shape index (κ3) is 2.82. The summed E-state index contributed by atoms with van der Waals surface area (Å²) in [5.41, 5.74) is 3.35. The molecule has 0 saturated carbocycles. The van der Waals surface area contributed by atoms with Crippen LogP contribution in [0.1, 0.15) is 25.5 Å². The molecule has 0 fully saturated rings. The van der Waals surface area contributed by atoms with Crippen molar-refractivity contribution in [3.63, 3.8) is 0 Å². The number of hydrogen-bond acceptors (Lipinski definition) is 5. The van der Waals surface area contributed by atoms with Crippen LogP contribution in [0, 0.1) is 0 Å². The Balaban J connectivity index is 3.25. The molecule has 0 radical (unpaired) electrons. The molecule has 0 amide bonds. The van der Waals surface area contributed by atoms with Crippen molar-refractivity contribution in [2.75, 3.05) is 13.4 Å². The van der Waals surface area contributed by atoms with Gasteiger partial charge in [0, 0.05) is 6.26 Å². The van der Waals surface area contributed by atoms with Crippen LogP contribution in [0.25, 0.3) is 0 Å². The lowest BCUT2D eigenvalue weighted by atomic mass is 9.95. The van der Waals surface area contributed by atoms with Crippen LogP contribution in [-0.2, 0) is 9.84 Å². The van der Waals surface area contributed by atoms with Gasteiger partial charge in [0.25, 0.3) is 0 Å². The second kappa shape index (κ2) is 5.26. The summed E-state index contributed by atoms with van der Waals surface area (Å²) >= 11 is 0. The lowest BCUT2D eigenvalue weighted by Gasteiger charge is -2.32. The fourth-order valence-electron chi connectivity index (χ4n) is 1.73. The molecule has 1 atom stereocenters. The fraction of sp³-hybridized carbons (Fsp3) is 0.500. The van der Waals surface area contributed by atoms with Crippen molar-refractivity contribution in [2.45, 2.75) is 24.6 Å². The molecule has 0 aliphatic rings. The summed E-state index contributed by atoms with van der Waals surface area (Å²) in [4.78, 5) is 0. The number of benzene rings is 1. The van der Waals surface area contributed by atoms with E-state index in [-0.39, 0.29) is 0 Å². The summed E-state index contributed by atoms with van der Waals surface area (Å²) in [5.74, 6) is 6.19. The number of hydrazine groups is 1. The molecule has 0 aliphatic heterocycles. The average Bonchev–Trinajstić information content (AvgIpc) is 2.28. The smallest absolute Gasteiger partial charge is 0.154 e. The number of nitrogens with one attached hydrogen (secondary N) is 1. The molecule has 1 rings (SSSR count). The highest BCUT2D eigenvalue weighted by Crippen LogP contribution is 2.32. The first-order chi connectivity index (χ1) is 8.24. The van der Waals surface area contributed by atoms with Gasteiger partial charge in [-0.3, -0.25) is 11.3 Å². The van der Waals surface area contributed by atoms with E-state index >= 15 is 0 Å². The Morgan fingerprint density at radius 1 is 1.39 bits per heavy atom. The maximum atomic E-state index is 11.9. The number of sulfone groups is 1. The maximum absolute atomic E-state index is 11.9. The first kappa shape index (κ1) is 14.9. The molecule has 0 spiro atoms. The maximum Gasteiger partial charge on any atom is 0.154 e. The number of hydrogen-bond donors (Lipinski definition) is 2. The van der Waals surface area contributed by atoms with Crippen LogP contribution in [-0.4, -0.2) is 26.5 Å². The van der Waals surface area contributed by atoms with E-state index in [4.69, 9.17) is 10.6 Å². The molecule has 1 aromatic carbocycles. The van der Waals surface area contributed by atoms with E-state index in [9.17, 15) is 8.42 Å². The summed E-state index contributed by atoms with van der Waals surface area (Å²) < 4.78 is 27.8. The Hall–Kier alpha value is -1.11. The largest absolute Gasteiger partial charge is 0.497 e. The van der Waals surface area contributed by atoms with Crippen LogP contribution in [0.3, 0.4) is 0 Å². The van der Waals surface area contributed by atoms with Gasteiger partial charge in [-0.1, -0.05) is 12.1 Å². The van der Waals surface area contributed by atoms with Crippen molar-refractivity contribution >= 4 is 9.84 Å². The SMILES string of the molecule is COc1cccc(C(NN)C(C)(C)S(C)(=O)=O)c1. The molecule has 102 valence electrons. The summed E-state index contributed by atoms with van der Waals surface area (Å²) in [6, 6.07) is 6.68. The number of ether oxygens (including phenoxy) is 1. The van der Waals surface area contributed by atoms with Crippen LogP contribution < -0.4 is 16.0 Å². The molecular weight excluding hydrogens is 252 g/mol. The first-order valence-electron chi connectivity index (χ1n) is 5.53. The van der Waals surface area contributed by atoms with Gasteiger partial charge in [0.15, 0.2) is 9.84 Å². The van der Waals surface area contributed by atoms with Crippen molar-refractivity contribution in [3.8, 4) is 5.75 Å². The van der Waals surface area contributed by atoms with Gasteiger partial charge in [-0.15, -0.1) is 0 Å². The van der Waals surface area contributed by atoms with E-state index in [0.717, 1.165) is 5.56 Å². The number of rotatable bonds is 5. The second-order valence-corrected chi connectivity index (χ2v) is 7.35. The zero-order valence-electron chi connectivity index (χ0n) is 11.1. The quantitative estimate of drug-likeness (QED) is 0.618. The minimum absolute atomic E-state index is 0.511. The minimum Gasteiger partial charge on any atom is -0.497 e. The van der Waals surface area contributed by atoms with Crippen molar-refractivity contribution in [1.82, 2.24) is 5.43 Å². The molecule has 0 aromatic heterocycles. The third-order valence-corrected chi connectivity index (χ3v) is 5.39. The lowest BCUT2D eigenvalue weighted by molar-refractivity contribution is 0.406. The van der Waals surface area contributed by atoms with E-state index in [1.54, 1.807) is 39.2 Å². The Bertz CT molecular complexity index is 512. The van der Waals surface area contributed by atoms with Crippen LogP contribution in [0.15, 0.2) is 24.3 Å². The minimum atomic E-state index is -3.26. The summed E-state index contributed by atoms with van der Waals surface area (Å²) in [5, 5.41) is 0. The van der Waals surface area contributed by atoms with Crippen molar-refractivity contribution in [1.29, 1.82) is 0 Å². The summed E-state index contributed by atoms with van der Waals surface area (Å²) in [6.45, 7) is 3.29. The van der Waals surface area contributed by atoms with Gasteiger partial charge in [-0.25, -0.2) is 8.42 Å². The predicted octanol–water partition coefficient (Wildman–Crippen LogP) is 1.02. The van der Waals surface area contributed by atoms with E-state index < -0.39 is 20.6 Å². The molecule has 6 heteroatoms. The molecule has 0 bridgehead atoms. The molecule has 0 heterocycles. The highest BCUT2D eigenvalue weighted by molar-refractivity contribution is 7.92. The molecule has 1 unspecified atom stereocenters. The van der Waals surface area contributed by atoms with E-state index in [1.807, 2.05) is 6.07 Å². The monoisotopic (exact) mass is 272 g/mol. The van der Waals surface area contributed by atoms with Gasteiger partial charge < -0.3 is 4.74 Å². The molecule has 0 aliphatic carbocycles. The van der Waals surface area contributed by atoms with E-state index in [1.165, 1.54) is 6.26 Å². The van der Waals surface area contributed by atoms with Gasteiger partial charge >= 0.3 is 0 Å². The second-order valence-electron chi connectivity index (χ2n) is 4.75. The number of nitrogens with two attached hydrogens (primary N) is 1. The van der Waals surface area contributed by atoms with Gasteiger partial charge in [-0.05, 0) is 31.5 Å². The van der Waals surface area contributed by atoms with Gasteiger partial charge in [-0.2, -0.15) is 0 Å². The molecule has 18 heavy (non-hydrogen) atoms. The van der Waals surface area contributed by atoms with Crippen LogP contribution in [0.2, 0.25) is 0 Å². The first-order valence-corrected chi connectivity index (χ1v) is 7.43. The van der Waals surface area contributed by atoms with Crippen LogP contribution in [0.4, 0.5) is 0 Å². The molecular formula is C12H20N2O3S. The zero-order valence-corrected chi connectivity index (χ0v) is 11.9. The van der Waals surface area contributed by atoms with Crippen molar-refractivity contribution < 1.29 is 13.2 Å². The highest BCUT2D eigenvalue weighted by atomic mass is 32.2. The standard InChI is InChI=1S/C12H20N2O3S/c1-12(2,18(4,15)16)11(14-13)9-6-5-7-10(8-9)17-3/h5-8,11,14H,13H2,1-4H3. The van der Waals surface area contributed by atoms with Gasteiger partial charge in [0.1, 0.15) is 5.75 Å². The number of methoxy groups -OCH3 is 1. The fourth-order valence-corrected chi connectivity index (χ4v) is 2.37. The molecule has 0 saturated heterocycles. The highest BCUT2D eigenvalue weighted by Gasteiger charge is 2.39. The van der Waals surface area contributed by atoms with E-state index in [2.05, 4.69) is 5.43 Å². The predicted molar refractivity (Wildman–Crippen MR) is 72.0 cm³/mol. The van der Waals surface area contributed by atoms with E-state index in [0.29, 0.717) is 5.75 Å². The Morgan fingerprint density at radius 3 is 2.44 bits per heavy atom. The van der Waals surface area contributed by atoms with Crippen molar-refractivity contribution in [3.05, 3.63) is 29.8 Å².